The molecule has 3 nitrogen and oxygen atoms in total. The fourth-order valence-electron chi connectivity index (χ4n) is 1.07. The molecular weight excluding hydrogens is 234 g/mol. The quantitative estimate of drug-likeness (QED) is 0.827. The van der Waals surface area contributed by atoms with Gasteiger partial charge in [-0.05, 0) is 17.7 Å². The van der Waals surface area contributed by atoms with Gasteiger partial charge < -0.3 is 5.73 Å². The number of rotatable bonds is 3. The maximum Gasteiger partial charge on any atom is 0.175 e. The lowest BCUT2D eigenvalue weighted by molar-refractivity contribution is 0.602. The van der Waals surface area contributed by atoms with Gasteiger partial charge in [-0.2, -0.15) is 0 Å². The molecule has 1 aromatic carbocycles. The van der Waals surface area contributed by atoms with Crippen molar-refractivity contribution in [2.75, 3.05) is 6.26 Å². The molecule has 84 valence electrons. The highest BCUT2D eigenvalue weighted by molar-refractivity contribution is 7.90. The average Bonchev–Trinajstić information content (AvgIpc) is 2.15. The van der Waals surface area contributed by atoms with Crippen molar-refractivity contribution in [1.29, 1.82) is 0 Å². The van der Waals surface area contributed by atoms with Crippen LogP contribution in [0.5, 0.6) is 0 Å². The summed E-state index contributed by atoms with van der Waals surface area (Å²) in [4.78, 5) is 0.303. The summed E-state index contributed by atoms with van der Waals surface area (Å²) in [6.07, 6.45) is 2.78. The van der Waals surface area contributed by atoms with Crippen LogP contribution in [0.15, 0.2) is 41.8 Å². The molecule has 5 heteroatoms. The van der Waals surface area contributed by atoms with Crippen LogP contribution in [0.4, 0.5) is 0 Å². The van der Waals surface area contributed by atoms with Gasteiger partial charge in [-0.3, -0.25) is 0 Å². The van der Waals surface area contributed by atoms with Crippen LogP contribution in [-0.2, 0) is 9.84 Å². The summed E-state index contributed by atoms with van der Waals surface area (Å²) >= 11 is 0. The summed E-state index contributed by atoms with van der Waals surface area (Å²) in [7, 11) is -3.12. The van der Waals surface area contributed by atoms with E-state index < -0.39 is 9.84 Å². The normalized spacial score (nSPS) is 12.7. The van der Waals surface area contributed by atoms with Gasteiger partial charge in [0.05, 0.1) is 4.90 Å². The van der Waals surface area contributed by atoms with E-state index in [9.17, 15) is 8.42 Å². The number of benzene rings is 1. The first kappa shape index (κ1) is 14.2. The first-order chi connectivity index (χ1) is 6.45. The number of halogens is 1. The second kappa shape index (κ2) is 5.30. The van der Waals surface area contributed by atoms with Gasteiger partial charge in [-0.25, -0.2) is 8.42 Å². The molecule has 0 radical (unpaired) electrons. The van der Waals surface area contributed by atoms with Crippen LogP contribution in [0.2, 0.25) is 0 Å². The molecule has 0 bridgehead atoms. The number of nitrogens with two attached hydrogens (primary N) is 1. The predicted octanol–water partition coefficient (Wildman–Crippen LogP) is 1.70. The van der Waals surface area contributed by atoms with Gasteiger partial charge in [0.2, 0.25) is 0 Å². The Morgan fingerprint density at radius 1 is 1.33 bits per heavy atom. The van der Waals surface area contributed by atoms with Crippen LogP contribution in [0.25, 0.3) is 0 Å². The van der Waals surface area contributed by atoms with Crippen LogP contribution in [0, 0.1) is 0 Å². The van der Waals surface area contributed by atoms with E-state index in [1.54, 1.807) is 30.3 Å². The number of hydrogen-bond acceptors (Lipinski definition) is 3. The lowest BCUT2D eigenvalue weighted by Gasteiger charge is -2.06. The Morgan fingerprint density at radius 2 is 1.80 bits per heavy atom. The third-order valence-corrected chi connectivity index (χ3v) is 3.08. The van der Waals surface area contributed by atoms with Crippen LogP contribution in [0.3, 0.4) is 0 Å². The molecule has 1 aromatic rings. The summed E-state index contributed by atoms with van der Waals surface area (Å²) in [5, 5.41) is 0. The minimum Gasteiger partial charge on any atom is -0.321 e. The first-order valence-electron chi connectivity index (χ1n) is 4.13. The average molecular weight is 248 g/mol. The molecule has 0 saturated heterocycles. The van der Waals surface area contributed by atoms with Gasteiger partial charge in [0.1, 0.15) is 0 Å². The molecule has 15 heavy (non-hydrogen) atoms. The second-order valence-electron chi connectivity index (χ2n) is 3.10. The number of hydrogen-bond donors (Lipinski definition) is 1. The molecule has 0 aliphatic rings. The van der Waals surface area contributed by atoms with E-state index in [-0.39, 0.29) is 18.4 Å². The van der Waals surface area contributed by atoms with E-state index in [2.05, 4.69) is 6.58 Å². The monoisotopic (exact) mass is 247 g/mol. The zero-order chi connectivity index (χ0) is 10.8. The Kier molecular flexibility index (Phi) is 5.00. The van der Waals surface area contributed by atoms with Crippen molar-refractivity contribution < 1.29 is 8.42 Å². The fraction of sp³-hybridized carbons (Fsp3) is 0.200. The van der Waals surface area contributed by atoms with E-state index in [1.807, 2.05) is 0 Å². The molecule has 0 unspecified atom stereocenters. The standard InChI is InChI=1S/C10H13NO2S.ClH/c1-3-10(11)8-4-6-9(7-5-8)14(2,12)13;/h3-7,10H,1,11H2,2H3;1H/t10-;/m1./s1. The Morgan fingerprint density at radius 3 is 2.13 bits per heavy atom. The Bertz CT molecular complexity index is 425. The summed E-state index contributed by atoms with van der Waals surface area (Å²) in [5.74, 6) is 0. The summed E-state index contributed by atoms with van der Waals surface area (Å²) in [5.41, 5.74) is 6.54. The van der Waals surface area contributed by atoms with Crippen molar-refractivity contribution in [2.24, 2.45) is 5.73 Å². The highest BCUT2D eigenvalue weighted by atomic mass is 35.5. The molecule has 1 atom stereocenters. The highest BCUT2D eigenvalue weighted by Gasteiger charge is 2.07. The minimum atomic E-state index is -3.12. The lowest BCUT2D eigenvalue weighted by atomic mass is 10.1. The van der Waals surface area contributed by atoms with E-state index in [1.165, 1.54) is 6.26 Å². The Labute approximate surface area is 96.3 Å². The highest BCUT2D eigenvalue weighted by Crippen LogP contribution is 2.15. The summed E-state index contributed by atoms with van der Waals surface area (Å²) in [6.45, 7) is 3.56. The maximum absolute atomic E-state index is 11.1. The molecule has 1 rings (SSSR count). The van der Waals surface area contributed by atoms with Gasteiger partial charge in [-0.1, -0.05) is 18.2 Å². The zero-order valence-electron chi connectivity index (χ0n) is 8.38. The van der Waals surface area contributed by atoms with Gasteiger partial charge in [0, 0.05) is 12.3 Å². The van der Waals surface area contributed by atoms with Crippen LogP contribution < -0.4 is 5.73 Å². The third kappa shape index (κ3) is 3.66. The fourth-order valence-corrected chi connectivity index (χ4v) is 1.70. The molecule has 0 saturated carbocycles. The minimum absolute atomic E-state index is 0. The Balaban J connectivity index is 0.00000196. The van der Waals surface area contributed by atoms with Gasteiger partial charge >= 0.3 is 0 Å². The second-order valence-corrected chi connectivity index (χ2v) is 5.12. The Hall–Kier alpha value is -0.840. The SMILES string of the molecule is C=C[C@@H](N)c1ccc(S(C)(=O)=O)cc1.Cl. The van der Waals surface area contributed by atoms with Crippen LogP contribution >= 0.6 is 12.4 Å². The third-order valence-electron chi connectivity index (χ3n) is 1.95. The summed E-state index contributed by atoms with van der Waals surface area (Å²) in [6, 6.07) is 6.25. The summed E-state index contributed by atoms with van der Waals surface area (Å²) < 4.78 is 22.3. The van der Waals surface area contributed by atoms with Crippen molar-refractivity contribution in [3.8, 4) is 0 Å². The van der Waals surface area contributed by atoms with Crippen LogP contribution in [0.1, 0.15) is 11.6 Å². The zero-order valence-corrected chi connectivity index (χ0v) is 10.0. The van der Waals surface area contributed by atoms with E-state index >= 15 is 0 Å². The topological polar surface area (TPSA) is 60.2 Å². The molecule has 0 amide bonds. The van der Waals surface area contributed by atoms with Gasteiger partial charge in [0.15, 0.2) is 9.84 Å². The van der Waals surface area contributed by atoms with Crippen molar-refractivity contribution in [3.05, 3.63) is 42.5 Å². The molecule has 0 aliphatic heterocycles. The predicted molar refractivity (Wildman–Crippen MR) is 63.9 cm³/mol. The smallest absolute Gasteiger partial charge is 0.175 e. The first-order valence-corrected chi connectivity index (χ1v) is 6.02. The molecular formula is C10H14ClNO2S. The van der Waals surface area contributed by atoms with E-state index in [4.69, 9.17) is 5.73 Å². The van der Waals surface area contributed by atoms with Gasteiger partial charge in [-0.15, -0.1) is 19.0 Å². The van der Waals surface area contributed by atoms with Crippen molar-refractivity contribution in [2.45, 2.75) is 10.9 Å². The molecule has 0 fully saturated rings. The molecule has 0 spiro atoms. The lowest BCUT2D eigenvalue weighted by Crippen LogP contribution is -2.06. The number of sulfone groups is 1. The maximum atomic E-state index is 11.1. The van der Waals surface area contributed by atoms with Crippen molar-refractivity contribution in [1.82, 2.24) is 0 Å². The molecule has 0 aliphatic carbocycles. The van der Waals surface area contributed by atoms with E-state index in [0.29, 0.717) is 4.90 Å². The van der Waals surface area contributed by atoms with Gasteiger partial charge in [0.25, 0.3) is 0 Å². The van der Waals surface area contributed by atoms with E-state index in [0.717, 1.165) is 5.56 Å². The van der Waals surface area contributed by atoms with Crippen molar-refractivity contribution >= 4 is 22.2 Å². The molecule has 0 aromatic heterocycles. The molecule has 0 heterocycles. The largest absolute Gasteiger partial charge is 0.321 e. The van der Waals surface area contributed by atoms with Crippen LogP contribution in [-0.4, -0.2) is 14.7 Å². The van der Waals surface area contributed by atoms with Crippen molar-refractivity contribution in [3.63, 3.8) is 0 Å². The molecule has 2 N–H and O–H groups in total.